The van der Waals surface area contributed by atoms with Crippen LogP contribution in [0.15, 0.2) is 22.7 Å². The van der Waals surface area contributed by atoms with E-state index < -0.39 is 0 Å². The first kappa shape index (κ1) is 13.8. The van der Waals surface area contributed by atoms with Crippen LogP contribution in [0, 0.1) is 17.8 Å². The fourth-order valence-corrected chi connectivity index (χ4v) is 5.27. The molecule has 1 amide bonds. The van der Waals surface area contributed by atoms with Crippen molar-refractivity contribution in [3.8, 4) is 0 Å². The van der Waals surface area contributed by atoms with Crippen molar-refractivity contribution in [3.05, 3.63) is 33.8 Å². The number of nitrogens with zero attached hydrogens (tertiary/aromatic N) is 1. The van der Waals surface area contributed by atoms with Crippen molar-refractivity contribution >= 4 is 21.8 Å². The van der Waals surface area contributed by atoms with Gasteiger partial charge in [0.2, 0.25) is 5.91 Å². The zero-order valence-electron chi connectivity index (χ0n) is 12.1. The lowest BCUT2D eigenvalue weighted by atomic mass is 9.83. The quantitative estimate of drug-likeness (QED) is 0.847. The van der Waals surface area contributed by atoms with Gasteiger partial charge in [0.05, 0.1) is 5.92 Å². The third-order valence-corrected chi connectivity index (χ3v) is 6.53. The predicted octanol–water partition coefficient (Wildman–Crippen LogP) is 2.71. The lowest BCUT2D eigenvalue weighted by molar-refractivity contribution is -0.138. The van der Waals surface area contributed by atoms with Crippen molar-refractivity contribution in [2.24, 2.45) is 23.5 Å². The molecule has 0 spiro atoms. The molecule has 4 rings (SSSR count). The summed E-state index contributed by atoms with van der Waals surface area (Å²) in [5, 5.41) is 0. The van der Waals surface area contributed by atoms with Gasteiger partial charge in [-0.25, -0.2) is 0 Å². The molecule has 4 heteroatoms. The highest BCUT2D eigenvalue weighted by Gasteiger charge is 2.50. The molecule has 2 fully saturated rings. The van der Waals surface area contributed by atoms with Gasteiger partial charge in [-0.3, -0.25) is 4.79 Å². The SMILES string of the molecule is NC1C2CCC(C2)C1C(=O)N1CCc2c(Br)cccc2C1. The number of carbonyl (C=O) groups is 1. The Morgan fingerprint density at radius 3 is 2.86 bits per heavy atom. The summed E-state index contributed by atoms with van der Waals surface area (Å²) in [5.74, 6) is 1.52. The van der Waals surface area contributed by atoms with Gasteiger partial charge < -0.3 is 10.6 Å². The van der Waals surface area contributed by atoms with Crippen molar-refractivity contribution in [2.45, 2.75) is 38.3 Å². The standard InChI is InChI=1S/C17H21BrN2O/c18-14-3-1-2-12-9-20(7-6-13(12)14)17(21)15-10-4-5-11(8-10)16(15)19/h1-3,10-11,15-16H,4-9,19H2. The maximum Gasteiger partial charge on any atom is 0.227 e. The maximum atomic E-state index is 12.9. The van der Waals surface area contributed by atoms with Crippen LogP contribution in [0.5, 0.6) is 0 Å². The lowest BCUT2D eigenvalue weighted by Gasteiger charge is -2.35. The zero-order valence-corrected chi connectivity index (χ0v) is 13.7. The molecule has 3 nitrogen and oxygen atoms in total. The average molecular weight is 349 g/mol. The van der Waals surface area contributed by atoms with Crippen LogP contribution in [0.1, 0.15) is 30.4 Å². The van der Waals surface area contributed by atoms with Crippen molar-refractivity contribution in [3.63, 3.8) is 0 Å². The maximum absolute atomic E-state index is 12.9. The topological polar surface area (TPSA) is 46.3 Å². The van der Waals surface area contributed by atoms with Crippen LogP contribution >= 0.6 is 15.9 Å². The minimum Gasteiger partial charge on any atom is -0.338 e. The molecule has 1 aromatic carbocycles. The molecule has 0 saturated heterocycles. The van der Waals surface area contributed by atoms with E-state index in [1.54, 1.807) is 0 Å². The highest BCUT2D eigenvalue weighted by Crippen LogP contribution is 2.48. The Morgan fingerprint density at radius 2 is 2.10 bits per heavy atom. The van der Waals surface area contributed by atoms with Crippen LogP contribution in [0.3, 0.4) is 0 Å². The molecule has 2 bridgehead atoms. The second-order valence-corrected chi connectivity index (χ2v) is 7.68. The fraction of sp³-hybridized carbons (Fsp3) is 0.588. The summed E-state index contributed by atoms with van der Waals surface area (Å²) in [6.07, 6.45) is 4.54. The van der Waals surface area contributed by atoms with Gasteiger partial charge in [-0.2, -0.15) is 0 Å². The van der Waals surface area contributed by atoms with E-state index in [4.69, 9.17) is 5.73 Å². The van der Waals surface area contributed by atoms with E-state index in [2.05, 4.69) is 34.1 Å². The van der Waals surface area contributed by atoms with E-state index in [9.17, 15) is 4.79 Å². The Bertz CT molecular complexity index is 586. The second-order valence-electron chi connectivity index (χ2n) is 6.82. The molecule has 21 heavy (non-hydrogen) atoms. The molecule has 4 atom stereocenters. The smallest absolute Gasteiger partial charge is 0.227 e. The van der Waals surface area contributed by atoms with Gasteiger partial charge in [-0.15, -0.1) is 0 Å². The summed E-state index contributed by atoms with van der Waals surface area (Å²) in [5.41, 5.74) is 8.97. The zero-order chi connectivity index (χ0) is 14.6. The van der Waals surface area contributed by atoms with Crippen molar-refractivity contribution in [1.82, 2.24) is 4.90 Å². The van der Waals surface area contributed by atoms with Crippen LogP contribution in [0.2, 0.25) is 0 Å². The summed E-state index contributed by atoms with van der Waals surface area (Å²) < 4.78 is 1.17. The Morgan fingerprint density at radius 1 is 1.29 bits per heavy atom. The Balaban J connectivity index is 1.54. The molecular formula is C17H21BrN2O. The molecular weight excluding hydrogens is 328 g/mol. The first-order valence-electron chi connectivity index (χ1n) is 7.96. The molecule has 1 aliphatic heterocycles. The molecule has 0 aromatic heterocycles. The number of amides is 1. The van der Waals surface area contributed by atoms with Crippen molar-refractivity contribution < 1.29 is 4.79 Å². The van der Waals surface area contributed by atoms with Gasteiger partial charge >= 0.3 is 0 Å². The normalized spacial score (nSPS) is 34.1. The molecule has 2 aliphatic carbocycles. The van der Waals surface area contributed by atoms with E-state index in [1.165, 1.54) is 34.9 Å². The Hall–Kier alpha value is -0.870. The molecule has 0 radical (unpaired) electrons. The van der Waals surface area contributed by atoms with E-state index in [0.29, 0.717) is 17.7 Å². The van der Waals surface area contributed by atoms with Gasteiger partial charge in [0.1, 0.15) is 0 Å². The highest BCUT2D eigenvalue weighted by atomic mass is 79.9. The molecule has 1 heterocycles. The Kier molecular flexibility index (Phi) is 3.34. The predicted molar refractivity (Wildman–Crippen MR) is 85.6 cm³/mol. The summed E-state index contributed by atoms with van der Waals surface area (Å²) >= 11 is 3.62. The number of carbonyl (C=O) groups excluding carboxylic acids is 1. The van der Waals surface area contributed by atoms with Gasteiger partial charge in [0.25, 0.3) is 0 Å². The van der Waals surface area contributed by atoms with E-state index in [1.807, 2.05) is 4.90 Å². The minimum atomic E-state index is 0.0810. The Labute approximate surface area is 134 Å². The van der Waals surface area contributed by atoms with Gasteiger partial charge in [-0.05, 0) is 54.7 Å². The lowest BCUT2D eigenvalue weighted by Crippen LogP contribution is -2.48. The number of nitrogens with two attached hydrogens (primary N) is 1. The monoisotopic (exact) mass is 348 g/mol. The molecule has 2 saturated carbocycles. The van der Waals surface area contributed by atoms with Crippen LogP contribution < -0.4 is 5.73 Å². The van der Waals surface area contributed by atoms with Gasteiger partial charge in [0.15, 0.2) is 0 Å². The number of benzene rings is 1. The van der Waals surface area contributed by atoms with Gasteiger partial charge in [-0.1, -0.05) is 28.1 Å². The van der Waals surface area contributed by atoms with E-state index >= 15 is 0 Å². The third-order valence-electron chi connectivity index (χ3n) is 5.79. The van der Waals surface area contributed by atoms with Crippen LogP contribution in [-0.4, -0.2) is 23.4 Å². The summed E-state index contributed by atoms with van der Waals surface area (Å²) in [6, 6.07) is 6.38. The minimum absolute atomic E-state index is 0.0810. The van der Waals surface area contributed by atoms with Crippen LogP contribution in [0.4, 0.5) is 0 Å². The first-order valence-corrected chi connectivity index (χ1v) is 8.75. The molecule has 3 aliphatic rings. The summed E-state index contributed by atoms with van der Waals surface area (Å²) in [6.45, 7) is 1.57. The number of fused-ring (bicyclic) bond motifs is 3. The molecule has 1 aromatic rings. The summed E-state index contributed by atoms with van der Waals surface area (Å²) in [4.78, 5) is 15.0. The summed E-state index contributed by atoms with van der Waals surface area (Å²) in [7, 11) is 0. The number of hydrogen-bond donors (Lipinski definition) is 1. The number of hydrogen-bond acceptors (Lipinski definition) is 2. The van der Waals surface area contributed by atoms with E-state index in [0.717, 1.165) is 19.5 Å². The molecule has 112 valence electrons. The van der Waals surface area contributed by atoms with E-state index in [-0.39, 0.29) is 12.0 Å². The second kappa shape index (κ2) is 5.10. The van der Waals surface area contributed by atoms with Crippen molar-refractivity contribution in [1.29, 1.82) is 0 Å². The molecule has 4 unspecified atom stereocenters. The fourth-order valence-electron chi connectivity index (χ4n) is 4.66. The molecule has 2 N–H and O–H groups in total. The average Bonchev–Trinajstić information content (AvgIpc) is 3.07. The third kappa shape index (κ3) is 2.15. The largest absolute Gasteiger partial charge is 0.338 e. The first-order chi connectivity index (χ1) is 10.1. The van der Waals surface area contributed by atoms with Gasteiger partial charge in [0, 0.05) is 23.6 Å². The van der Waals surface area contributed by atoms with Crippen LogP contribution in [-0.2, 0) is 17.8 Å². The van der Waals surface area contributed by atoms with Crippen molar-refractivity contribution in [2.75, 3.05) is 6.54 Å². The number of halogens is 1. The number of rotatable bonds is 1. The highest BCUT2D eigenvalue weighted by molar-refractivity contribution is 9.10. The van der Waals surface area contributed by atoms with Crippen LogP contribution in [0.25, 0.3) is 0 Å².